The van der Waals surface area contributed by atoms with Gasteiger partial charge in [-0.2, -0.15) is 0 Å². The van der Waals surface area contributed by atoms with Gasteiger partial charge in [-0.05, 0) is 48.4 Å². The second-order valence-electron chi connectivity index (χ2n) is 4.61. The number of benzene rings is 2. The molecule has 0 bridgehead atoms. The van der Waals surface area contributed by atoms with Gasteiger partial charge in [-0.3, -0.25) is 0 Å². The zero-order valence-corrected chi connectivity index (χ0v) is 13.1. The van der Waals surface area contributed by atoms with Crippen LogP contribution in [-0.2, 0) is 11.2 Å². The van der Waals surface area contributed by atoms with Gasteiger partial charge in [0, 0.05) is 9.79 Å². The van der Waals surface area contributed by atoms with E-state index in [0.717, 1.165) is 16.9 Å². The first-order chi connectivity index (χ1) is 10.5. The van der Waals surface area contributed by atoms with Crippen LogP contribution in [0.5, 0.6) is 0 Å². The molecule has 0 heterocycles. The van der Waals surface area contributed by atoms with Crippen LogP contribution in [0.4, 0.5) is 0 Å². The van der Waals surface area contributed by atoms with Crippen LogP contribution in [0.3, 0.4) is 0 Å². The maximum absolute atomic E-state index is 11.4. The van der Waals surface area contributed by atoms with Crippen LogP contribution in [-0.4, -0.2) is 24.2 Å². The second kappa shape index (κ2) is 7.13. The number of methoxy groups -OCH3 is 1. The Hall–Kier alpha value is -2.27. The van der Waals surface area contributed by atoms with E-state index in [1.54, 1.807) is 30.3 Å². The highest BCUT2D eigenvalue weighted by atomic mass is 32.2. The minimum Gasteiger partial charge on any atom is -0.478 e. The summed E-state index contributed by atoms with van der Waals surface area (Å²) in [7, 11) is 1.33. The number of carboxylic acid groups (broad SMARTS) is 1. The van der Waals surface area contributed by atoms with Crippen LogP contribution < -0.4 is 0 Å². The van der Waals surface area contributed by atoms with E-state index in [9.17, 15) is 14.7 Å². The number of esters is 1. The largest absolute Gasteiger partial charge is 0.478 e. The van der Waals surface area contributed by atoms with E-state index in [1.165, 1.54) is 18.9 Å². The SMILES string of the molecule is CCc1ccc(Sc2ccc(C(=O)OC)cc2)c(C(=O)O)c1. The van der Waals surface area contributed by atoms with Crippen LogP contribution in [0.1, 0.15) is 33.2 Å². The molecule has 0 saturated heterocycles. The molecule has 0 aliphatic heterocycles. The van der Waals surface area contributed by atoms with Crippen LogP contribution in [0.2, 0.25) is 0 Å². The Morgan fingerprint density at radius 1 is 1.14 bits per heavy atom. The fraction of sp³-hybridized carbons (Fsp3) is 0.176. The Morgan fingerprint density at radius 3 is 2.36 bits per heavy atom. The molecular weight excluding hydrogens is 300 g/mol. The third-order valence-corrected chi connectivity index (χ3v) is 4.27. The van der Waals surface area contributed by atoms with E-state index in [2.05, 4.69) is 4.74 Å². The number of carbonyl (C=O) groups is 2. The summed E-state index contributed by atoms with van der Waals surface area (Å²) in [5.41, 5.74) is 1.75. The standard InChI is InChI=1S/C17H16O4S/c1-3-11-4-9-15(14(10-11)16(18)19)22-13-7-5-12(6-8-13)17(20)21-2/h4-10H,3H2,1-2H3,(H,18,19). The van der Waals surface area contributed by atoms with Crippen molar-refractivity contribution in [3.63, 3.8) is 0 Å². The number of ether oxygens (including phenoxy) is 1. The summed E-state index contributed by atoms with van der Waals surface area (Å²) in [4.78, 5) is 24.3. The van der Waals surface area contributed by atoms with Crippen molar-refractivity contribution in [3.05, 3.63) is 59.2 Å². The highest BCUT2D eigenvalue weighted by Gasteiger charge is 2.12. The number of aryl methyl sites for hydroxylation is 1. The summed E-state index contributed by atoms with van der Waals surface area (Å²) in [5.74, 6) is -1.33. The third-order valence-electron chi connectivity index (χ3n) is 3.19. The molecule has 0 aliphatic rings. The van der Waals surface area contributed by atoms with Crippen LogP contribution in [0.25, 0.3) is 0 Å². The summed E-state index contributed by atoms with van der Waals surface area (Å²) in [5, 5.41) is 9.34. The fourth-order valence-electron chi connectivity index (χ4n) is 1.96. The van der Waals surface area contributed by atoms with Crippen molar-refractivity contribution in [2.24, 2.45) is 0 Å². The van der Waals surface area contributed by atoms with Crippen molar-refractivity contribution >= 4 is 23.7 Å². The van der Waals surface area contributed by atoms with Gasteiger partial charge in [0.15, 0.2) is 0 Å². The minimum absolute atomic E-state index is 0.293. The zero-order valence-electron chi connectivity index (χ0n) is 12.3. The quantitative estimate of drug-likeness (QED) is 0.848. The Bertz CT molecular complexity index is 692. The van der Waals surface area contributed by atoms with Gasteiger partial charge in [-0.1, -0.05) is 24.8 Å². The fourth-order valence-corrected chi connectivity index (χ4v) is 2.88. The molecule has 5 heteroatoms. The van der Waals surface area contributed by atoms with E-state index < -0.39 is 11.9 Å². The number of rotatable bonds is 5. The van der Waals surface area contributed by atoms with Gasteiger partial charge < -0.3 is 9.84 Å². The van der Waals surface area contributed by atoms with Crippen LogP contribution in [0, 0.1) is 0 Å². The lowest BCUT2D eigenvalue weighted by Gasteiger charge is -2.08. The molecule has 22 heavy (non-hydrogen) atoms. The molecule has 0 aromatic heterocycles. The Labute approximate surface area is 133 Å². The zero-order chi connectivity index (χ0) is 16.1. The third kappa shape index (κ3) is 3.68. The molecular formula is C17H16O4S. The molecule has 1 N–H and O–H groups in total. The first kappa shape index (κ1) is 16.1. The van der Waals surface area contributed by atoms with Gasteiger partial charge in [0.25, 0.3) is 0 Å². The number of carboxylic acids is 1. The van der Waals surface area contributed by atoms with Gasteiger partial charge in [0.2, 0.25) is 0 Å². The number of hydrogen-bond acceptors (Lipinski definition) is 4. The highest BCUT2D eigenvalue weighted by Crippen LogP contribution is 2.31. The molecule has 0 saturated carbocycles. The monoisotopic (exact) mass is 316 g/mol. The average Bonchev–Trinajstić information content (AvgIpc) is 2.55. The van der Waals surface area contributed by atoms with Gasteiger partial charge >= 0.3 is 11.9 Å². The molecule has 0 amide bonds. The van der Waals surface area contributed by atoms with E-state index in [-0.39, 0.29) is 0 Å². The summed E-state index contributed by atoms with van der Waals surface area (Å²) in [6.45, 7) is 1.99. The summed E-state index contributed by atoms with van der Waals surface area (Å²) in [6, 6.07) is 12.3. The lowest BCUT2D eigenvalue weighted by atomic mass is 10.1. The van der Waals surface area contributed by atoms with Crippen LogP contribution >= 0.6 is 11.8 Å². The average molecular weight is 316 g/mol. The summed E-state index contributed by atoms with van der Waals surface area (Å²) >= 11 is 1.36. The van der Waals surface area contributed by atoms with Gasteiger partial charge in [-0.25, -0.2) is 9.59 Å². The molecule has 0 unspecified atom stereocenters. The highest BCUT2D eigenvalue weighted by molar-refractivity contribution is 7.99. The lowest BCUT2D eigenvalue weighted by Crippen LogP contribution is -2.01. The molecule has 114 valence electrons. The summed E-state index contributed by atoms with van der Waals surface area (Å²) < 4.78 is 4.65. The number of carbonyl (C=O) groups excluding carboxylic acids is 1. The maximum Gasteiger partial charge on any atom is 0.337 e. The van der Waals surface area contributed by atoms with E-state index in [0.29, 0.717) is 16.0 Å². The van der Waals surface area contributed by atoms with E-state index in [1.807, 2.05) is 19.1 Å². The Kier molecular flexibility index (Phi) is 5.22. The molecule has 0 spiro atoms. The van der Waals surface area contributed by atoms with Crippen LogP contribution in [0.15, 0.2) is 52.3 Å². The minimum atomic E-state index is -0.941. The molecule has 0 atom stereocenters. The van der Waals surface area contributed by atoms with Crippen molar-refractivity contribution in [1.82, 2.24) is 0 Å². The molecule has 4 nitrogen and oxygen atoms in total. The topological polar surface area (TPSA) is 63.6 Å². The smallest absolute Gasteiger partial charge is 0.337 e. The maximum atomic E-state index is 11.4. The molecule has 2 aromatic rings. The summed E-state index contributed by atoms with van der Waals surface area (Å²) in [6.07, 6.45) is 0.791. The molecule has 2 aromatic carbocycles. The van der Waals surface area contributed by atoms with Gasteiger partial charge in [0.1, 0.15) is 0 Å². The Morgan fingerprint density at radius 2 is 1.82 bits per heavy atom. The van der Waals surface area contributed by atoms with Crippen molar-refractivity contribution in [1.29, 1.82) is 0 Å². The normalized spacial score (nSPS) is 10.3. The molecule has 0 aliphatic carbocycles. The molecule has 0 radical (unpaired) electrons. The van der Waals surface area contributed by atoms with Crippen molar-refractivity contribution in [2.45, 2.75) is 23.1 Å². The van der Waals surface area contributed by atoms with Crippen molar-refractivity contribution < 1.29 is 19.4 Å². The lowest BCUT2D eigenvalue weighted by molar-refractivity contribution is 0.0599. The predicted octanol–water partition coefficient (Wildman–Crippen LogP) is 3.89. The van der Waals surface area contributed by atoms with Crippen molar-refractivity contribution in [3.8, 4) is 0 Å². The first-order valence-corrected chi connectivity index (χ1v) is 7.59. The van der Waals surface area contributed by atoms with Crippen molar-refractivity contribution in [2.75, 3.05) is 7.11 Å². The van der Waals surface area contributed by atoms with Gasteiger partial charge in [0.05, 0.1) is 18.2 Å². The predicted molar refractivity (Wildman–Crippen MR) is 84.7 cm³/mol. The number of aromatic carboxylic acids is 1. The first-order valence-electron chi connectivity index (χ1n) is 6.77. The Balaban J connectivity index is 2.27. The van der Waals surface area contributed by atoms with Gasteiger partial charge in [-0.15, -0.1) is 0 Å². The second-order valence-corrected chi connectivity index (χ2v) is 5.72. The molecule has 2 rings (SSSR count). The number of hydrogen-bond donors (Lipinski definition) is 1. The van der Waals surface area contributed by atoms with E-state index in [4.69, 9.17) is 0 Å². The van der Waals surface area contributed by atoms with E-state index >= 15 is 0 Å². The molecule has 0 fully saturated rings.